The van der Waals surface area contributed by atoms with Gasteiger partial charge >= 0.3 is 0 Å². The number of amides is 2. The standard InChI is InChI=1S/C25H33N3O4/c1-25(24(30)26-18-8-4-2-3-5-9-18)17-27-20(22-11-7-15-32-22)12-13-21(27)23(29)28(25)16-19-10-6-14-31-19/h7,11-13,15,18-19H,2-6,8-10,14,16-17H2,1H3,(H,26,30)/t19-,25+/m0/s1. The number of nitrogens with zero attached hydrogens (tertiary/aromatic N) is 2. The topological polar surface area (TPSA) is 76.7 Å². The zero-order valence-corrected chi connectivity index (χ0v) is 18.8. The molecule has 4 heterocycles. The maximum atomic E-state index is 13.8. The Morgan fingerprint density at radius 2 is 1.88 bits per heavy atom. The number of nitrogens with one attached hydrogen (secondary N) is 1. The van der Waals surface area contributed by atoms with Gasteiger partial charge in [0.1, 0.15) is 17.0 Å². The van der Waals surface area contributed by atoms with Crippen molar-refractivity contribution in [2.75, 3.05) is 13.2 Å². The molecule has 0 aromatic carbocycles. The summed E-state index contributed by atoms with van der Waals surface area (Å²) in [6.07, 6.45) is 10.3. The van der Waals surface area contributed by atoms with Gasteiger partial charge in [-0.1, -0.05) is 25.7 Å². The van der Waals surface area contributed by atoms with Crippen LogP contribution in [0.5, 0.6) is 0 Å². The van der Waals surface area contributed by atoms with Crippen molar-refractivity contribution >= 4 is 11.8 Å². The molecule has 2 aromatic heterocycles. The summed E-state index contributed by atoms with van der Waals surface area (Å²) in [5, 5.41) is 3.31. The van der Waals surface area contributed by atoms with E-state index in [0.717, 1.165) is 50.8 Å². The van der Waals surface area contributed by atoms with Crippen LogP contribution in [0.2, 0.25) is 0 Å². The first-order chi connectivity index (χ1) is 15.6. The molecule has 32 heavy (non-hydrogen) atoms. The summed E-state index contributed by atoms with van der Waals surface area (Å²) in [6, 6.07) is 7.64. The molecule has 0 radical (unpaired) electrons. The minimum Gasteiger partial charge on any atom is -0.463 e. The average Bonchev–Trinajstić information content (AvgIpc) is 3.52. The van der Waals surface area contributed by atoms with Crippen LogP contribution in [0.3, 0.4) is 0 Å². The molecule has 1 saturated heterocycles. The lowest BCUT2D eigenvalue weighted by Crippen LogP contribution is -2.66. The van der Waals surface area contributed by atoms with Crippen LogP contribution in [0.15, 0.2) is 34.9 Å². The monoisotopic (exact) mass is 439 g/mol. The van der Waals surface area contributed by atoms with Gasteiger partial charge in [0.05, 0.1) is 24.6 Å². The Morgan fingerprint density at radius 1 is 1.09 bits per heavy atom. The summed E-state index contributed by atoms with van der Waals surface area (Å²) in [6.45, 7) is 3.45. The summed E-state index contributed by atoms with van der Waals surface area (Å²) in [5.74, 6) is 0.506. The fourth-order valence-electron chi connectivity index (χ4n) is 5.46. The van der Waals surface area contributed by atoms with Gasteiger partial charge < -0.3 is 23.9 Å². The molecule has 7 heteroatoms. The van der Waals surface area contributed by atoms with Gasteiger partial charge in [-0.2, -0.15) is 0 Å². The van der Waals surface area contributed by atoms with Crippen LogP contribution in [0.25, 0.3) is 11.5 Å². The Kier molecular flexibility index (Phi) is 5.84. The fraction of sp³-hybridized carbons (Fsp3) is 0.600. The summed E-state index contributed by atoms with van der Waals surface area (Å²) in [4.78, 5) is 29.2. The Labute approximate surface area is 189 Å². The van der Waals surface area contributed by atoms with Crippen LogP contribution < -0.4 is 5.32 Å². The highest BCUT2D eigenvalue weighted by molar-refractivity contribution is 6.00. The molecule has 3 aliphatic rings. The van der Waals surface area contributed by atoms with Gasteiger partial charge in [-0.3, -0.25) is 9.59 Å². The molecule has 7 nitrogen and oxygen atoms in total. The Bertz CT molecular complexity index is 952. The van der Waals surface area contributed by atoms with Crippen molar-refractivity contribution in [1.82, 2.24) is 14.8 Å². The molecule has 2 fully saturated rings. The van der Waals surface area contributed by atoms with E-state index >= 15 is 0 Å². The SMILES string of the molecule is C[C@]1(C(=O)NC2CCCCCC2)Cn2c(ccc2-c2ccco2)C(=O)N1C[C@@H]1CCCO1. The van der Waals surface area contributed by atoms with E-state index in [1.165, 1.54) is 12.8 Å². The number of furan rings is 1. The van der Waals surface area contributed by atoms with Gasteiger partial charge in [-0.05, 0) is 56.9 Å². The second-order valence-electron chi connectivity index (χ2n) is 9.65. The highest BCUT2D eigenvalue weighted by atomic mass is 16.5. The van der Waals surface area contributed by atoms with Crippen molar-refractivity contribution in [2.24, 2.45) is 0 Å². The van der Waals surface area contributed by atoms with Crippen molar-refractivity contribution in [2.45, 2.75) is 82.5 Å². The van der Waals surface area contributed by atoms with Gasteiger partial charge in [0.2, 0.25) is 5.91 Å². The van der Waals surface area contributed by atoms with Gasteiger partial charge in [-0.15, -0.1) is 0 Å². The normalized spacial score (nSPS) is 26.7. The minimum absolute atomic E-state index is 0.0185. The Morgan fingerprint density at radius 3 is 2.56 bits per heavy atom. The zero-order valence-electron chi connectivity index (χ0n) is 18.8. The van der Waals surface area contributed by atoms with E-state index in [0.29, 0.717) is 24.5 Å². The van der Waals surface area contributed by atoms with Crippen LogP contribution >= 0.6 is 0 Å². The number of rotatable bonds is 5. The third-order valence-electron chi connectivity index (χ3n) is 7.37. The number of aromatic nitrogens is 1. The molecule has 1 N–H and O–H groups in total. The van der Waals surface area contributed by atoms with E-state index < -0.39 is 5.54 Å². The van der Waals surface area contributed by atoms with Crippen LogP contribution in [0, 0.1) is 0 Å². The van der Waals surface area contributed by atoms with E-state index in [2.05, 4.69) is 5.32 Å². The summed E-state index contributed by atoms with van der Waals surface area (Å²) in [5.41, 5.74) is 0.417. The quantitative estimate of drug-likeness (QED) is 0.715. The van der Waals surface area contributed by atoms with E-state index in [9.17, 15) is 9.59 Å². The number of fused-ring (bicyclic) bond motifs is 1. The van der Waals surface area contributed by atoms with Gasteiger partial charge in [0.15, 0.2) is 0 Å². The van der Waals surface area contributed by atoms with E-state index in [4.69, 9.17) is 9.15 Å². The van der Waals surface area contributed by atoms with Crippen LogP contribution in [0.1, 0.15) is 68.8 Å². The fourth-order valence-corrected chi connectivity index (χ4v) is 5.46. The van der Waals surface area contributed by atoms with Gasteiger partial charge in [0, 0.05) is 19.2 Å². The molecule has 172 valence electrons. The van der Waals surface area contributed by atoms with Crippen LogP contribution in [-0.2, 0) is 16.1 Å². The first kappa shape index (κ1) is 21.3. The molecular formula is C25H33N3O4. The van der Waals surface area contributed by atoms with Crippen LogP contribution in [0.4, 0.5) is 0 Å². The molecule has 0 spiro atoms. The molecule has 2 atom stereocenters. The van der Waals surface area contributed by atoms with E-state index in [1.54, 1.807) is 11.2 Å². The Hall–Kier alpha value is -2.54. The molecule has 0 bridgehead atoms. The lowest BCUT2D eigenvalue weighted by atomic mass is 9.93. The maximum absolute atomic E-state index is 13.8. The summed E-state index contributed by atoms with van der Waals surface area (Å²) >= 11 is 0. The maximum Gasteiger partial charge on any atom is 0.271 e. The second kappa shape index (κ2) is 8.77. The predicted molar refractivity (Wildman–Crippen MR) is 120 cm³/mol. The van der Waals surface area contributed by atoms with Crippen LogP contribution in [-0.4, -0.2) is 52.1 Å². The minimum atomic E-state index is -0.997. The summed E-state index contributed by atoms with van der Waals surface area (Å²) in [7, 11) is 0. The highest BCUT2D eigenvalue weighted by Gasteiger charge is 2.49. The molecular weight excluding hydrogens is 406 g/mol. The summed E-state index contributed by atoms with van der Waals surface area (Å²) < 4.78 is 13.4. The van der Waals surface area contributed by atoms with Crippen molar-refractivity contribution in [3.63, 3.8) is 0 Å². The smallest absolute Gasteiger partial charge is 0.271 e. The number of carbonyl (C=O) groups excluding carboxylic acids is 2. The lowest BCUT2D eigenvalue weighted by molar-refractivity contribution is -0.134. The second-order valence-corrected chi connectivity index (χ2v) is 9.65. The third-order valence-corrected chi connectivity index (χ3v) is 7.37. The number of carbonyl (C=O) groups is 2. The van der Waals surface area contributed by atoms with Gasteiger partial charge in [0.25, 0.3) is 5.91 Å². The molecule has 1 saturated carbocycles. The van der Waals surface area contributed by atoms with Crippen molar-refractivity contribution in [3.05, 3.63) is 36.2 Å². The first-order valence-corrected chi connectivity index (χ1v) is 12.0. The number of ether oxygens (including phenoxy) is 1. The zero-order chi connectivity index (χ0) is 22.1. The predicted octanol–water partition coefficient (Wildman–Crippen LogP) is 3.98. The highest BCUT2D eigenvalue weighted by Crippen LogP contribution is 2.34. The third kappa shape index (κ3) is 3.87. The number of hydrogen-bond acceptors (Lipinski definition) is 4. The molecule has 2 amide bonds. The van der Waals surface area contributed by atoms with Crippen molar-refractivity contribution in [3.8, 4) is 11.5 Å². The lowest BCUT2D eigenvalue weighted by Gasteiger charge is -2.45. The van der Waals surface area contributed by atoms with Crippen molar-refractivity contribution < 1.29 is 18.7 Å². The molecule has 0 unspecified atom stereocenters. The molecule has 2 aliphatic heterocycles. The van der Waals surface area contributed by atoms with Crippen molar-refractivity contribution in [1.29, 1.82) is 0 Å². The first-order valence-electron chi connectivity index (χ1n) is 12.0. The van der Waals surface area contributed by atoms with E-state index in [1.807, 2.05) is 35.8 Å². The average molecular weight is 440 g/mol. The molecule has 2 aromatic rings. The molecule has 5 rings (SSSR count). The van der Waals surface area contributed by atoms with Gasteiger partial charge in [-0.25, -0.2) is 0 Å². The molecule has 1 aliphatic carbocycles. The number of hydrogen-bond donors (Lipinski definition) is 1. The Balaban J connectivity index is 1.48. The van der Waals surface area contributed by atoms with E-state index in [-0.39, 0.29) is 24.0 Å². The largest absolute Gasteiger partial charge is 0.463 e.